The molecule has 3 nitrogen and oxygen atoms in total. The molecule has 0 bridgehead atoms. The number of nitrogens with one attached hydrogen (secondary N) is 1. The molecule has 0 aliphatic carbocycles. The van der Waals surface area contributed by atoms with Gasteiger partial charge >= 0.3 is 6.03 Å². The van der Waals surface area contributed by atoms with Crippen molar-refractivity contribution in [1.29, 1.82) is 0 Å². The lowest BCUT2D eigenvalue weighted by Crippen LogP contribution is -2.37. The topological polar surface area (TPSA) is 32.3 Å². The van der Waals surface area contributed by atoms with Crippen LogP contribution >= 0.6 is 23.2 Å². The first-order chi connectivity index (χ1) is 11.6. The number of benzene rings is 2. The number of nitrogens with zero attached hydrogens (tertiary/aromatic N) is 1. The molecule has 3 rings (SSSR count). The number of carbonyl (C=O) groups is 1. The second-order valence-corrected chi connectivity index (χ2v) is 7.00. The zero-order valence-corrected chi connectivity index (χ0v) is 14.9. The predicted molar refractivity (Wildman–Crippen MR) is 100 cm³/mol. The lowest BCUT2D eigenvalue weighted by molar-refractivity contribution is 0.211. The van der Waals surface area contributed by atoms with Gasteiger partial charge in [-0.3, -0.25) is 0 Å². The molecule has 1 unspecified atom stereocenters. The molecule has 2 aromatic carbocycles. The molecule has 1 aliphatic rings. The Bertz CT molecular complexity index is 686. The lowest BCUT2D eigenvalue weighted by Gasteiger charge is -2.25. The lowest BCUT2D eigenvalue weighted by atomic mass is 9.94. The van der Waals surface area contributed by atoms with E-state index in [0.29, 0.717) is 10.9 Å². The maximum absolute atomic E-state index is 12.6. The number of carbonyl (C=O) groups excluding carboxylic acids is 1. The first-order valence-corrected chi connectivity index (χ1v) is 8.94. The van der Waals surface area contributed by atoms with Crippen molar-refractivity contribution in [3.63, 3.8) is 0 Å². The zero-order valence-electron chi connectivity index (χ0n) is 13.3. The van der Waals surface area contributed by atoms with Gasteiger partial charge in [0.05, 0.1) is 0 Å². The highest BCUT2D eigenvalue weighted by atomic mass is 35.5. The van der Waals surface area contributed by atoms with Crippen molar-refractivity contribution in [2.75, 3.05) is 18.4 Å². The largest absolute Gasteiger partial charge is 0.324 e. The Hall–Kier alpha value is -1.71. The average molecular weight is 363 g/mol. The van der Waals surface area contributed by atoms with E-state index in [9.17, 15) is 4.79 Å². The molecule has 1 N–H and O–H groups in total. The molecule has 0 aromatic heterocycles. The molecular weight excluding hydrogens is 343 g/mol. The van der Waals surface area contributed by atoms with Gasteiger partial charge in [0.2, 0.25) is 0 Å². The van der Waals surface area contributed by atoms with E-state index >= 15 is 0 Å². The molecule has 2 amide bonds. The Kier molecular flexibility index (Phi) is 5.64. The van der Waals surface area contributed by atoms with Gasteiger partial charge < -0.3 is 10.2 Å². The molecule has 126 valence electrons. The minimum Gasteiger partial charge on any atom is -0.324 e. The van der Waals surface area contributed by atoms with Crippen LogP contribution in [0.15, 0.2) is 48.5 Å². The van der Waals surface area contributed by atoms with E-state index in [1.165, 1.54) is 5.56 Å². The fraction of sp³-hybridized carbons (Fsp3) is 0.316. The molecule has 0 saturated carbocycles. The molecule has 2 aromatic rings. The number of amides is 2. The second kappa shape index (κ2) is 7.91. The van der Waals surface area contributed by atoms with E-state index in [2.05, 4.69) is 17.4 Å². The number of halogens is 2. The van der Waals surface area contributed by atoms with E-state index in [0.717, 1.165) is 43.1 Å². The molecule has 1 atom stereocenters. The van der Waals surface area contributed by atoms with Crippen LogP contribution in [-0.2, 0) is 0 Å². The Labute approximate surface area is 152 Å². The van der Waals surface area contributed by atoms with Crippen LogP contribution in [0.5, 0.6) is 0 Å². The third kappa shape index (κ3) is 4.43. The number of hydrogen-bond donors (Lipinski definition) is 1. The van der Waals surface area contributed by atoms with Gasteiger partial charge in [0.1, 0.15) is 0 Å². The van der Waals surface area contributed by atoms with Crippen molar-refractivity contribution >= 4 is 34.9 Å². The number of hydrogen-bond acceptors (Lipinski definition) is 1. The van der Waals surface area contributed by atoms with Gasteiger partial charge in [0.15, 0.2) is 0 Å². The summed E-state index contributed by atoms with van der Waals surface area (Å²) in [6, 6.07) is 15.1. The summed E-state index contributed by atoms with van der Waals surface area (Å²) < 4.78 is 0. The van der Waals surface area contributed by atoms with Crippen molar-refractivity contribution in [3.8, 4) is 0 Å². The van der Waals surface area contributed by atoms with Crippen LogP contribution in [0.2, 0.25) is 10.0 Å². The molecule has 1 heterocycles. The number of likely N-dealkylation sites (tertiary alicyclic amines) is 1. The summed E-state index contributed by atoms with van der Waals surface area (Å²) in [5, 5.41) is 4.35. The quantitative estimate of drug-likeness (QED) is 0.719. The summed E-state index contributed by atoms with van der Waals surface area (Å²) in [4.78, 5) is 14.5. The van der Waals surface area contributed by atoms with E-state index in [-0.39, 0.29) is 6.03 Å². The molecule has 1 aliphatic heterocycles. The van der Waals surface area contributed by atoms with Crippen LogP contribution in [0.4, 0.5) is 10.5 Å². The van der Waals surface area contributed by atoms with Gasteiger partial charge in [-0.25, -0.2) is 4.79 Å². The number of anilines is 1. The van der Waals surface area contributed by atoms with Crippen molar-refractivity contribution in [2.45, 2.75) is 25.2 Å². The van der Waals surface area contributed by atoms with Crippen LogP contribution < -0.4 is 5.32 Å². The van der Waals surface area contributed by atoms with E-state index in [1.54, 1.807) is 12.1 Å². The van der Waals surface area contributed by atoms with Gasteiger partial charge in [-0.05, 0) is 54.8 Å². The summed E-state index contributed by atoms with van der Waals surface area (Å²) in [6.07, 6.45) is 3.24. The smallest absolute Gasteiger partial charge is 0.321 e. The average Bonchev–Trinajstić information content (AvgIpc) is 2.84. The Morgan fingerprint density at radius 2 is 1.58 bits per heavy atom. The fourth-order valence-electron chi connectivity index (χ4n) is 3.07. The van der Waals surface area contributed by atoms with Crippen molar-refractivity contribution in [3.05, 3.63) is 64.1 Å². The van der Waals surface area contributed by atoms with Crippen LogP contribution in [-0.4, -0.2) is 24.0 Å². The summed E-state index contributed by atoms with van der Waals surface area (Å²) in [7, 11) is 0. The third-order valence-corrected chi connectivity index (χ3v) is 4.90. The SMILES string of the molecule is O=C(Nc1ccc(Cl)cc1)N1CCCCC(c2ccc(Cl)cc2)C1. The van der Waals surface area contributed by atoms with Crippen molar-refractivity contribution in [2.24, 2.45) is 0 Å². The van der Waals surface area contributed by atoms with E-state index in [1.807, 2.05) is 29.2 Å². The zero-order chi connectivity index (χ0) is 16.9. The maximum Gasteiger partial charge on any atom is 0.321 e. The maximum atomic E-state index is 12.6. The highest BCUT2D eigenvalue weighted by Gasteiger charge is 2.23. The normalized spacial score (nSPS) is 18.1. The highest BCUT2D eigenvalue weighted by Crippen LogP contribution is 2.28. The van der Waals surface area contributed by atoms with Crippen LogP contribution in [0, 0.1) is 0 Å². The van der Waals surface area contributed by atoms with Crippen LogP contribution in [0.3, 0.4) is 0 Å². The Morgan fingerprint density at radius 3 is 2.25 bits per heavy atom. The second-order valence-electron chi connectivity index (χ2n) is 6.13. The molecule has 0 radical (unpaired) electrons. The molecule has 1 saturated heterocycles. The predicted octanol–water partition coefficient (Wildman–Crippen LogP) is 5.80. The van der Waals surface area contributed by atoms with E-state index in [4.69, 9.17) is 23.2 Å². The summed E-state index contributed by atoms with van der Waals surface area (Å²) >= 11 is 11.9. The van der Waals surface area contributed by atoms with Crippen molar-refractivity contribution in [1.82, 2.24) is 4.90 Å². The minimum atomic E-state index is -0.0572. The monoisotopic (exact) mass is 362 g/mol. The molecule has 1 fully saturated rings. The number of urea groups is 1. The van der Waals surface area contributed by atoms with Crippen LogP contribution in [0.1, 0.15) is 30.7 Å². The van der Waals surface area contributed by atoms with Crippen molar-refractivity contribution < 1.29 is 4.79 Å². The molecule has 0 spiro atoms. The molecule has 5 heteroatoms. The summed E-state index contributed by atoms with van der Waals surface area (Å²) in [6.45, 7) is 1.50. The van der Waals surface area contributed by atoms with Gasteiger partial charge in [-0.2, -0.15) is 0 Å². The minimum absolute atomic E-state index is 0.0572. The Morgan fingerprint density at radius 1 is 0.958 bits per heavy atom. The molecule has 24 heavy (non-hydrogen) atoms. The fourth-order valence-corrected chi connectivity index (χ4v) is 3.32. The number of rotatable bonds is 2. The first-order valence-electron chi connectivity index (χ1n) is 8.19. The van der Waals surface area contributed by atoms with E-state index < -0.39 is 0 Å². The standard InChI is InChI=1S/C19H20Cl2N2O/c20-16-6-4-14(5-7-16)15-3-1-2-12-23(13-15)19(24)22-18-10-8-17(21)9-11-18/h4-11,15H,1-3,12-13H2,(H,22,24). The van der Waals surface area contributed by atoms with Gasteiger partial charge in [-0.15, -0.1) is 0 Å². The third-order valence-electron chi connectivity index (χ3n) is 4.40. The van der Waals surface area contributed by atoms with Gasteiger partial charge in [0, 0.05) is 34.7 Å². The molecular formula is C19H20Cl2N2O. The summed E-state index contributed by atoms with van der Waals surface area (Å²) in [5.41, 5.74) is 2.00. The van der Waals surface area contributed by atoms with Gasteiger partial charge in [-0.1, -0.05) is 41.8 Å². The van der Waals surface area contributed by atoms with Gasteiger partial charge in [0.25, 0.3) is 0 Å². The summed E-state index contributed by atoms with van der Waals surface area (Å²) in [5.74, 6) is 0.348. The van der Waals surface area contributed by atoms with Crippen LogP contribution in [0.25, 0.3) is 0 Å². The Balaban J connectivity index is 1.68. The highest BCUT2D eigenvalue weighted by molar-refractivity contribution is 6.30. The first kappa shape index (κ1) is 17.1.